The summed E-state index contributed by atoms with van der Waals surface area (Å²) in [5.41, 5.74) is 6.28. The number of rotatable bonds is 2. The number of nitrogens with zero attached hydrogens (tertiary/aromatic N) is 2. The fourth-order valence-electron chi connectivity index (χ4n) is 2.31. The predicted molar refractivity (Wildman–Crippen MR) is 85.0 cm³/mol. The average Bonchev–Trinajstić information content (AvgIpc) is 2.46. The van der Waals surface area contributed by atoms with Crippen LogP contribution in [0.25, 0.3) is 0 Å². The maximum atomic E-state index is 12.0. The zero-order valence-electron chi connectivity index (χ0n) is 13.3. The van der Waals surface area contributed by atoms with E-state index in [1.807, 2.05) is 32.9 Å². The molecule has 0 radical (unpaired) electrons. The summed E-state index contributed by atoms with van der Waals surface area (Å²) >= 11 is 0. The fraction of sp³-hybridized carbons (Fsp3) is 0.500. The molecule has 1 fully saturated rings. The Labute approximate surface area is 130 Å². The number of hydrogen-bond acceptors (Lipinski definition) is 4. The molecule has 1 saturated heterocycles. The van der Waals surface area contributed by atoms with Gasteiger partial charge >= 0.3 is 6.09 Å². The molecule has 0 aromatic heterocycles. The van der Waals surface area contributed by atoms with E-state index in [1.54, 1.807) is 17.0 Å². The molecule has 120 valence electrons. The van der Waals surface area contributed by atoms with E-state index < -0.39 is 11.5 Å². The second-order valence-corrected chi connectivity index (χ2v) is 6.37. The van der Waals surface area contributed by atoms with Crippen LogP contribution in [-0.2, 0) is 4.74 Å². The van der Waals surface area contributed by atoms with Crippen LogP contribution in [-0.4, -0.2) is 48.7 Å². The van der Waals surface area contributed by atoms with Crippen LogP contribution in [0.5, 0.6) is 0 Å². The fourth-order valence-corrected chi connectivity index (χ4v) is 2.31. The molecular weight excluding hydrogens is 282 g/mol. The van der Waals surface area contributed by atoms with E-state index >= 15 is 0 Å². The van der Waals surface area contributed by atoms with E-state index in [9.17, 15) is 9.59 Å². The maximum absolute atomic E-state index is 12.0. The van der Waals surface area contributed by atoms with Crippen LogP contribution in [0.2, 0.25) is 0 Å². The van der Waals surface area contributed by atoms with Gasteiger partial charge in [-0.25, -0.2) is 4.79 Å². The van der Waals surface area contributed by atoms with Gasteiger partial charge in [0.05, 0.1) is 0 Å². The third-order valence-electron chi connectivity index (χ3n) is 3.45. The van der Waals surface area contributed by atoms with Gasteiger partial charge in [0.25, 0.3) is 0 Å². The van der Waals surface area contributed by atoms with Crippen molar-refractivity contribution in [2.45, 2.75) is 26.4 Å². The first-order valence-electron chi connectivity index (χ1n) is 7.39. The van der Waals surface area contributed by atoms with Gasteiger partial charge in [-0.15, -0.1) is 0 Å². The number of hydrogen-bond donors (Lipinski definition) is 1. The lowest BCUT2D eigenvalue weighted by Crippen LogP contribution is -2.50. The molecule has 1 aliphatic rings. The highest BCUT2D eigenvalue weighted by molar-refractivity contribution is 5.93. The highest BCUT2D eigenvalue weighted by atomic mass is 16.6. The van der Waals surface area contributed by atoms with Gasteiger partial charge in [-0.05, 0) is 45.0 Å². The van der Waals surface area contributed by atoms with Crippen molar-refractivity contribution in [3.8, 4) is 0 Å². The number of piperazine rings is 1. The highest BCUT2D eigenvalue weighted by Crippen LogP contribution is 2.18. The third-order valence-corrected chi connectivity index (χ3v) is 3.45. The Bertz CT molecular complexity index is 541. The van der Waals surface area contributed by atoms with Crippen molar-refractivity contribution in [1.82, 2.24) is 4.90 Å². The first kappa shape index (κ1) is 16.1. The third kappa shape index (κ3) is 4.13. The van der Waals surface area contributed by atoms with E-state index in [4.69, 9.17) is 10.5 Å². The van der Waals surface area contributed by atoms with E-state index in [0.29, 0.717) is 18.7 Å². The second-order valence-electron chi connectivity index (χ2n) is 6.37. The van der Waals surface area contributed by atoms with Gasteiger partial charge in [0.2, 0.25) is 5.91 Å². The largest absolute Gasteiger partial charge is 0.444 e. The van der Waals surface area contributed by atoms with Crippen molar-refractivity contribution in [1.29, 1.82) is 0 Å². The summed E-state index contributed by atoms with van der Waals surface area (Å²) in [6.07, 6.45) is -0.267. The molecule has 0 unspecified atom stereocenters. The lowest BCUT2D eigenvalue weighted by atomic mass is 10.1. The SMILES string of the molecule is CC(C)(C)OC(=O)N1CCN(c2ccc(C(N)=O)cc2)CC1. The van der Waals surface area contributed by atoms with Crippen LogP contribution >= 0.6 is 0 Å². The van der Waals surface area contributed by atoms with Crippen LogP contribution in [0, 0.1) is 0 Å². The zero-order chi connectivity index (χ0) is 16.3. The molecule has 1 heterocycles. The van der Waals surface area contributed by atoms with Crippen molar-refractivity contribution in [3.05, 3.63) is 29.8 Å². The molecule has 0 aliphatic carbocycles. The molecule has 2 rings (SSSR count). The van der Waals surface area contributed by atoms with E-state index in [1.165, 1.54) is 0 Å². The Morgan fingerprint density at radius 3 is 2.05 bits per heavy atom. The number of benzene rings is 1. The van der Waals surface area contributed by atoms with Crippen LogP contribution in [0.3, 0.4) is 0 Å². The summed E-state index contributed by atoms with van der Waals surface area (Å²) in [5, 5.41) is 0. The summed E-state index contributed by atoms with van der Waals surface area (Å²) in [4.78, 5) is 27.0. The van der Waals surface area contributed by atoms with Crippen molar-refractivity contribution < 1.29 is 14.3 Å². The normalized spacial score (nSPS) is 15.6. The molecule has 0 bridgehead atoms. The highest BCUT2D eigenvalue weighted by Gasteiger charge is 2.25. The number of amides is 2. The van der Waals surface area contributed by atoms with Crippen LogP contribution < -0.4 is 10.6 Å². The minimum Gasteiger partial charge on any atom is -0.444 e. The van der Waals surface area contributed by atoms with Gasteiger partial charge in [0.15, 0.2) is 0 Å². The molecule has 1 aromatic rings. The van der Waals surface area contributed by atoms with Crippen molar-refractivity contribution in [2.75, 3.05) is 31.1 Å². The Kier molecular flexibility index (Phi) is 4.59. The van der Waals surface area contributed by atoms with Gasteiger partial charge in [-0.1, -0.05) is 0 Å². The smallest absolute Gasteiger partial charge is 0.410 e. The van der Waals surface area contributed by atoms with Crippen molar-refractivity contribution in [3.63, 3.8) is 0 Å². The molecule has 22 heavy (non-hydrogen) atoms. The first-order valence-corrected chi connectivity index (χ1v) is 7.39. The summed E-state index contributed by atoms with van der Waals surface area (Å²) in [6.45, 7) is 8.29. The lowest BCUT2D eigenvalue weighted by molar-refractivity contribution is 0.0240. The number of carbonyl (C=O) groups is 2. The molecule has 1 aliphatic heterocycles. The summed E-state index contributed by atoms with van der Waals surface area (Å²) in [5.74, 6) is -0.429. The van der Waals surface area contributed by atoms with E-state index in [0.717, 1.165) is 18.8 Å². The molecule has 2 N–H and O–H groups in total. The lowest BCUT2D eigenvalue weighted by Gasteiger charge is -2.36. The van der Waals surface area contributed by atoms with Crippen LogP contribution in [0.4, 0.5) is 10.5 Å². The monoisotopic (exact) mass is 305 g/mol. The number of nitrogens with two attached hydrogens (primary N) is 1. The molecule has 6 nitrogen and oxygen atoms in total. The zero-order valence-corrected chi connectivity index (χ0v) is 13.3. The van der Waals surface area contributed by atoms with Gasteiger partial charge in [-0.2, -0.15) is 0 Å². The Morgan fingerprint density at radius 1 is 1.05 bits per heavy atom. The van der Waals surface area contributed by atoms with Crippen LogP contribution in [0.1, 0.15) is 31.1 Å². The maximum Gasteiger partial charge on any atom is 0.410 e. The Morgan fingerprint density at radius 2 is 1.59 bits per heavy atom. The molecular formula is C16H23N3O3. The van der Waals surface area contributed by atoms with Gasteiger partial charge in [0.1, 0.15) is 5.60 Å². The second kappa shape index (κ2) is 6.25. The number of ether oxygens (including phenoxy) is 1. The average molecular weight is 305 g/mol. The first-order chi connectivity index (χ1) is 10.3. The molecule has 0 atom stereocenters. The van der Waals surface area contributed by atoms with Gasteiger partial charge < -0.3 is 20.3 Å². The minimum atomic E-state index is -0.473. The predicted octanol–water partition coefficient (Wildman–Crippen LogP) is 1.84. The minimum absolute atomic E-state index is 0.267. The summed E-state index contributed by atoms with van der Waals surface area (Å²) < 4.78 is 5.38. The Balaban J connectivity index is 1.91. The summed E-state index contributed by atoms with van der Waals surface area (Å²) in [6, 6.07) is 7.20. The molecule has 0 saturated carbocycles. The van der Waals surface area contributed by atoms with Crippen molar-refractivity contribution >= 4 is 17.7 Å². The van der Waals surface area contributed by atoms with Gasteiger partial charge in [-0.3, -0.25) is 4.79 Å². The Hall–Kier alpha value is -2.24. The van der Waals surface area contributed by atoms with Crippen molar-refractivity contribution in [2.24, 2.45) is 5.73 Å². The number of primary amides is 1. The number of anilines is 1. The number of carbonyl (C=O) groups excluding carboxylic acids is 2. The quantitative estimate of drug-likeness (QED) is 0.904. The summed E-state index contributed by atoms with van der Waals surface area (Å²) in [7, 11) is 0. The van der Waals surface area contributed by atoms with Crippen LogP contribution in [0.15, 0.2) is 24.3 Å². The van der Waals surface area contributed by atoms with E-state index in [-0.39, 0.29) is 6.09 Å². The standard InChI is InChI=1S/C16H23N3O3/c1-16(2,3)22-15(21)19-10-8-18(9-11-19)13-6-4-12(5-7-13)14(17)20/h4-7H,8-11H2,1-3H3,(H2,17,20). The van der Waals surface area contributed by atoms with E-state index in [2.05, 4.69) is 4.90 Å². The molecule has 2 amide bonds. The molecule has 1 aromatic carbocycles. The molecule has 0 spiro atoms. The van der Waals surface area contributed by atoms with Gasteiger partial charge in [0, 0.05) is 37.4 Å². The topological polar surface area (TPSA) is 75.9 Å². The molecule has 6 heteroatoms.